The Hall–Kier alpha value is -3.29. The molecule has 2 aliphatic rings. The van der Waals surface area contributed by atoms with E-state index in [1.807, 2.05) is 30.3 Å². The van der Waals surface area contributed by atoms with Gasteiger partial charge in [-0.05, 0) is 12.8 Å². The smallest absolute Gasteiger partial charge is 0.254 e. The number of nitrogens with zero attached hydrogens (tertiary/aromatic N) is 4. The third kappa shape index (κ3) is 2.40. The van der Waals surface area contributed by atoms with Gasteiger partial charge in [0.15, 0.2) is 11.6 Å². The fourth-order valence-electron chi connectivity index (χ4n) is 4.13. The van der Waals surface area contributed by atoms with E-state index in [1.54, 1.807) is 0 Å². The van der Waals surface area contributed by atoms with Crippen molar-refractivity contribution in [3.8, 4) is 11.4 Å². The molecule has 1 N–H and O–H groups in total. The number of rotatable bonds is 2. The first-order valence-corrected chi connectivity index (χ1v) is 9.07. The zero-order chi connectivity index (χ0) is 18.5. The van der Waals surface area contributed by atoms with Crippen molar-refractivity contribution in [3.05, 3.63) is 46.8 Å². The Balaban J connectivity index is 1.67. The third-order valence-electron chi connectivity index (χ3n) is 5.42. The summed E-state index contributed by atoms with van der Waals surface area (Å²) in [5.74, 6) is -0.299. The van der Waals surface area contributed by atoms with Crippen molar-refractivity contribution in [2.24, 2.45) is 11.8 Å². The minimum atomic E-state index is -0.431. The first-order valence-electron chi connectivity index (χ1n) is 9.07. The Kier molecular flexibility index (Phi) is 3.46. The van der Waals surface area contributed by atoms with E-state index in [1.165, 1.54) is 10.6 Å². The highest BCUT2D eigenvalue weighted by Crippen LogP contribution is 2.39. The second kappa shape index (κ2) is 5.87. The first kappa shape index (κ1) is 15.9. The average Bonchev–Trinajstić information content (AvgIpc) is 3.22. The second-order valence-electron chi connectivity index (χ2n) is 7.04. The van der Waals surface area contributed by atoms with Gasteiger partial charge in [0, 0.05) is 11.6 Å². The van der Waals surface area contributed by atoms with Crippen LogP contribution in [0.1, 0.15) is 25.7 Å². The van der Waals surface area contributed by atoms with Gasteiger partial charge in [-0.3, -0.25) is 19.4 Å². The molecule has 8 heteroatoms. The van der Waals surface area contributed by atoms with Crippen molar-refractivity contribution >= 4 is 23.4 Å². The maximum absolute atomic E-state index is 12.9. The fourth-order valence-corrected chi connectivity index (χ4v) is 4.13. The quantitative estimate of drug-likeness (QED) is 0.699. The van der Waals surface area contributed by atoms with Crippen molar-refractivity contribution in [2.45, 2.75) is 25.7 Å². The van der Waals surface area contributed by atoms with Crippen molar-refractivity contribution in [1.29, 1.82) is 0 Å². The summed E-state index contributed by atoms with van der Waals surface area (Å²) in [5.41, 5.74) is 0.348. The predicted molar refractivity (Wildman–Crippen MR) is 97.0 cm³/mol. The highest BCUT2D eigenvalue weighted by atomic mass is 16.2. The monoisotopic (exact) mass is 363 g/mol. The van der Waals surface area contributed by atoms with E-state index >= 15 is 0 Å². The zero-order valence-corrected chi connectivity index (χ0v) is 14.5. The lowest BCUT2D eigenvalue weighted by Gasteiger charge is -2.19. The van der Waals surface area contributed by atoms with Gasteiger partial charge in [0.2, 0.25) is 17.6 Å². The zero-order valence-electron chi connectivity index (χ0n) is 14.5. The minimum Gasteiger partial charge on any atom is -0.291 e. The van der Waals surface area contributed by atoms with Crippen LogP contribution in [0, 0.1) is 11.8 Å². The number of anilines is 1. The summed E-state index contributed by atoms with van der Waals surface area (Å²) in [6, 6.07) is 10.6. The van der Waals surface area contributed by atoms with Crippen LogP contribution in [-0.2, 0) is 9.59 Å². The van der Waals surface area contributed by atoms with Gasteiger partial charge in [-0.1, -0.05) is 43.2 Å². The van der Waals surface area contributed by atoms with Crippen LogP contribution in [-0.4, -0.2) is 31.4 Å². The SMILES string of the molecule is O=C1[C@H]2CCCC[C@H]2C(=O)N1c1cc(=O)[nH]c2nc(-c3ccccc3)nn12. The van der Waals surface area contributed by atoms with Crippen molar-refractivity contribution < 1.29 is 9.59 Å². The number of hydrogen-bond acceptors (Lipinski definition) is 5. The van der Waals surface area contributed by atoms with E-state index in [-0.39, 0.29) is 35.2 Å². The van der Waals surface area contributed by atoms with Crippen LogP contribution >= 0.6 is 0 Å². The molecular weight excluding hydrogens is 346 g/mol. The number of fused-ring (bicyclic) bond motifs is 2. The number of carbonyl (C=O) groups excluding carboxylic acids is 2. The number of aromatic nitrogens is 4. The molecule has 5 rings (SSSR count). The van der Waals surface area contributed by atoms with Crippen LogP contribution in [0.4, 0.5) is 5.82 Å². The molecule has 2 aromatic heterocycles. The van der Waals surface area contributed by atoms with Crippen LogP contribution < -0.4 is 10.5 Å². The van der Waals surface area contributed by atoms with Crippen LogP contribution in [0.3, 0.4) is 0 Å². The Morgan fingerprint density at radius 1 is 0.963 bits per heavy atom. The maximum Gasteiger partial charge on any atom is 0.254 e. The Morgan fingerprint density at radius 2 is 1.63 bits per heavy atom. The first-order chi connectivity index (χ1) is 13.1. The van der Waals surface area contributed by atoms with Crippen molar-refractivity contribution in [1.82, 2.24) is 19.6 Å². The van der Waals surface area contributed by atoms with E-state index in [4.69, 9.17) is 0 Å². The Morgan fingerprint density at radius 3 is 2.30 bits per heavy atom. The number of benzene rings is 1. The van der Waals surface area contributed by atoms with Gasteiger partial charge >= 0.3 is 0 Å². The molecule has 0 spiro atoms. The summed E-state index contributed by atoms with van der Waals surface area (Å²) >= 11 is 0. The minimum absolute atomic E-state index is 0.160. The lowest BCUT2D eigenvalue weighted by Crippen LogP contribution is -2.34. The molecule has 1 aliphatic heterocycles. The molecule has 1 aromatic carbocycles. The Bertz CT molecular complexity index is 1090. The van der Waals surface area contributed by atoms with Gasteiger partial charge in [-0.15, -0.1) is 5.10 Å². The summed E-state index contributed by atoms with van der Waals surface area (Å²) < 4.78 is 1.37. The largest absolute Gasteiger partial charge is 0.291 e. The van der Waals surface area contributed by atoms with Gasteiger partial charge < -0.3 is 0 Å². The number of H-pyrrole nitrogens is 1. The van der Waals surface area contributed by atoms with Gasteiger partial charge in [-0.2, -0.15) is 9.50 Å². The fraction of sp³-hybridized carbons (Fsp3) is 0.316. The van der Waals surface area contributed by atoms with Gasteiger partial charge in [0.1, 0.15) is 0 Å². The molecule has 8 nitrogen and oxygen atoms in total. The van der Waals surface area contributed by atoms with Gasteiger partial charge in [0.05, 0.1) is 11.8 Å². The van der Waals surface area contributed by atoms with E-state index < -0.39 is 5.56 Å². The van der Waals surface area contributed by atoms with Crippen LogP contribution in [0.5, 0.6) is 0 Å². The number of aromatic amines is 1. The molecule has 1 saturated heterocycles. The molecule has 2 fully saturated rings. The number of carbonyl (C=O) groups is 2. The summed E-state index contributed by atoms with van der Waals surface area (Å²) in [6.45, 7) is 0. The average molecular weight is 363 g/mol. The topological polar surface area (TPSA) is 100 Å². The lowest BCUT2D eigenvalue weighted by atomic mass is 9.81. The molecule has 136 valence electrons. The number of nitrogens with one attached hydrogen (secondary N) is 1. The number of amides is 2. The predicted octanol–water partition coefficient (Wildman–Crippen LogP) is 1.76. The molecule has 1 aliphatic carbocycles. The van der Waals surface area contributed by atoms with E-state index in [0.29, 0.717) is 18.7 Å². The molecule has 0 unspecified atom stereocenters. The molecule has 3 aromatic rings. The Labute approximate surface area is 153 Å². The van der Waals surface area contributed by atoms with Crippen LogP contribution in [0.25, 0.3) is 17.2 Å². The number of hydrogen-bond donors (Lipinski definition) is 1. The summed E-state index contributed by atoms with van der Waals surface area (Å²) in [7, 11) is 0. The molecular formula is C19H17N5O3. The molecule has 0 radical (unpaired) electrons. The van der Waals surface area contributed by atoms with Crippen molar-refractivity contribution in [3.63, 3.8) is 0 Å². The summed E-state index contributed by atoms with van der Waals surface area (Å²) in [4.78, 5) is 46.1. The second-order valence-corrected chi connectivity index (χ2v) is 7.04. The molecule has 3 heterocycles. The van der Waals surface area contributed by atoms with E-state index in [2.05, 4.69) is 15.1 Å². The summed E-state index contributed by atoms with van der Waals surface area (Å²) in [5, 5.41) is 4.44. The van der Waals surface area contributed by atoms with Gasteiger partial charge in [0.25, 0.3) is 5.56 Å². The third-order valence-corrected chi connectivity index (χ3v) is 5.42. The molecule has 2 atom stereocenters. The van der Waals surface area contributed by atoms with Gasteiger partial charge in [-0.25, -0.2) is 4.90 Å². The normalized spacial score (nSPS) is 22.4. The molecule has 1 saturated carbocycles. The van der Waals surface area contributed by atoms with Crippen LogP contribution in [0.15, 0.2) is 41.2 Å². The molecule has 0 bridgehead atoms. The summed E-state index contributed by atoms with van der Waals surface area (Å²) in [6.07, 6.45) is 3.32. The highest BCUT2D eigenvalue weighted by molar-refractivity contribution is 6.21. The lowest BCUT2D eigenvalue weighted by molar-refractivity contribution is -0.122. The number of imide groups is 1. The van der Waals surface area contributed by atoms with Crippen LogP contribution in [0.2, 0.25) is 0 Å². The van der Waals surface area contributed by atoms with E-state index in [0.717, 1.165) is 23.3 Å². The molecule has 27 heavy (non-hydrogen) atoms. The maximum atomic E-state index is 12.9. The van der Waals surface area contributed by atoms with Crippen molar-refractivity contribution in [2.75, 3.05) is 4.90 Å². The standard InChI is InChI=1S/C19H17N5O3/c25-14-10-15(23-17(26)12-8-4-5-9-13(12)18(23)27)24-19(20-14)21-16(22-24)11-6-2-1-3-7-11/h1-3,6-7,10,12-13H,4-5,8-9H2,(H,20,21,22,25)/t12-,13+. The highest BCUT2D eigenvalue weighted by Gasteiger charge is 2.49. The molecule has 2 amide bonds. The van der Waals surface area contributed by atoms with E-state index in [9.17, 15) is 14.4 Å².